The van der Waals surface area contributed by atoms with E-state index in [-0.39, 0.29) is 41.9 Å². The van der Waals surface area contributed by atoms with Crippen molar-refractivity contribution in [1.82, 2.24) is 9.80 Å². The Morgan fingerprint density at radius 2 is 1.93 bits per heavy atom. The summed E-state index contributed by atoms with van der Waals surface area (Å²) < 4.78 is 37.8. The molecule has 1 aromatic carbocycles. The lowest BCUT2D eigenvalue weighted by Gasteiger charge is -2.39. The Bertz CT molecular complexity index is 794. The van der Waals surface area contributed by atoms with Crippen molar-refractivity contribution in [3.8, 4) is 0 Å². The third-order valence-electron chi connectivity index (χ3n) is 5.88. The van der Waals surface area contributed by atoms with E-state index in [1.165, 1.54) is 6.07 Å². The highest BCUT2D eigenvalue weighted by molar-refractivity contribution is 7.91. The fourth-order valence-corrected chi connectivity index (χ4v) is 5.84. The predicted molar refractivity (Wildman–Crippen MR) is 109 cm³/mol. The Hall–Kier alpha value is -1.67. The molecule has 2 heterocycles. The standard InChI is InChI=1S/C20H30FN3O3S/c1-3-16(2)24(17-8-13-28(26,27)15-17)20(25)14-22-9-11-23(12-10-22)19-7-5-4-6-18(19)21/h4-7,16-17H,3,8-15H2,1-2H3/t16-,17+/m0/s1. The maximum Gasteiger partial charge on any atom is 0.237 e. The Morgan fingerprint density at radius 1 is 1.25 bits per heavy atom. The molecule has 8 heteroatoms. The highest BCUT2D eigenvalue weighted by Gasteiger charge is 2.37. The summed E-state index contributed by atoms with van der Waals surface area (Å²) in [4.78, 5) is 18.9. The lowest BCUT2D eigenvalue weighted by Crippen LogP contribution is -2.54. The number of rotatable bonds is 6. The predicted octanol–water partition coefficient (Wildman–Crippen LogP) is 1.76. The second-order valence-electron chi connectivity index (χ2n) is 7.83. The molecule has 3 rings (SSSR count). The van der Waals surface area contributed by atoms with Crippen molar-refractivity contribution in [2.45, 2.75) is 38.8 Å². The van der Waals surface area contributed by atoms with Crippen LogP contribution < -0.4 is 4.90 Å². The van der Waals surface area contributed by atoms with Gasteiger partial charge < -0.3 is 9.80 Å². The zero-order valence-corrected chi connectivity index (χ0v) is 17.5. The van der Waals surface area contributed by atoms with Crippen LogP contribution in [-0.4, -0.2) is 80.4 Å². The average molecular weight is 412 g/mol. The van der Waals surface area contributed by atoms with Crippen molar-refractivity contribution in [2.24, 2.45) is 0 Å². The average Bonchev–Trinajstić information content (AvgIpc) is 3.02. The van der Waals surface area contributed by atoms with Gasteiger partial charge in [0.1, 0.15) is 5.82 Å². The maximum atomic E-state index is 14.0. The Morgan fingerprint density at radius 3 is 2.50 bits per heavy atom. The molecule has 0 radical (unpaired) electrons. The number of nitrogens with zero attached hydrogens (tertiary/aromatic N) is 3. The first kappa shape index (κ1) is 21.0. The zero-order valence-electron chi connectivity index (χ0n) is 16.7. The molecule has 2 atom stereocenters. The third kappa shape index (κ3) is 4.84. The highest BCUT2D eigenvalue weighted by atomic mass is 32.2. The van der Waals surface area contributed by atoms with Gasteiger partial charge in [0.2, 0.25) is 5.91 Å². The van der Waals surface area contributed by atoms with Gasteiger partial charge in [-0.15, -0.1) is 0 Å². The van der Waals surface area contributed by atoms with E-state index in [0.29, 0.717) is 38.3 Å². The molecule has 1 aromatic rings. The maximum absolute atomic E-state index is 14.0. The lowest BCUT2D eigenvalue weighted by molar-refractivity contribution is -0.136. The normalized spacial score (nSPS) is 23.5. The number of piperazine rings is 1. The van der Waals surface area contributed by atoms with Crippen LogP contribution in [-0.2, 0) is 14.6 Å². The van der Waals surface area contributed by atoms with Crippen molar-refractivity contribution < 1.29 is 17.6 Å². The van der Waals surface area contributed by atoms with E-state index in [0.717, 1.165) is 6.42 Å². The Kier molecular flexibility index (Phi) is 6.60. The molecule has 0 N–H and O–H groups in total. The Labute approximate surface area is 167 Å². The second-order valence-corrected chi connectivity index (χ2v) is 10.1. The largest absolute Gasteiger partial charge is 0.367 e. The zero-order chi connectivity index (χ0) is 20.3. The van der Waals surface area contributed by atoms with Crippen LogP contribution >= 0.6 is 0 Å². The van der Waals surface area contributed by atoms with Crippen LogP contribution in [0, 0.1) is 5.82 Å². The number of halogens is 1. The van der Waals surface area contributed by atoms with E-state index in [1.807, 2.05) is 24.8 Å². The van der Waals surface area contributed by atoms with Crippen molar-refractivity contribution in [2.75, 3.05) is 49.1 Å². The minimum absolute atomic E-state index is 0.00390. The quantitative estimate of drug-likeness (QED) is 0.714. The van der Waals surface area contributed by atoms with Gasteiger partial charge in [-0.25, -0.2) is 12.8 Å². The summed E-state index contributed by atoms with van der Waals surface area (Å²) in [6.45, 7) is 6.96. The number of amides is 1. The van der Waals surface area contributed by atoms with Crippen LogP contribution in [0.15, 0.2) is 24.3 Å². The molecule has 0 unspecified atom stereocenters. The van der Waals surface area contributed by atoms with E-state index in [2.05, 4.69) is 4.90 Å². The number of hydrogen-bond donors (Lipinski definition) is 0. The first-order valence-electron chi connectivity index (χ1n) is 10.0. The molecule has 0 saturated carbocycles. The number of hydrogen-bond acceptors (Lipinski definition) is 5. The van der Waals surface area contributed by atoms with Crippen LogP contribution in [0.3, 0.4) is 0 Å². The van der Waals surface area contributed by atoms with Crippen LogP contribution in [0.25, 0.3) is 0 Å². The molecule has 6 nitrogen and oxygen atoms in total. The second kappa shape index (κ2) is 8.78. The Balaban J connectivity index is 1.59. The summed E-state index contributed by atoms with van der Waals surface area (Å²) in [5.41, 5.74) is 0.603. The summed E-state index contributed by atoms with van der Waals surface area (Å²) >= 11 is 0. The van der Waals surface area contributed by atoms with E-state index in [1.54, 1.807) is 17.0 Å². The summed E-state index contributed by atoms with van der Waals surface area (Å²) in [5.74, 6) is 0.0109. The van der Waals surface area contributed by atoms with Gasteiger partial charge in [0, 0.05) is 38.3 Å². The van der Waals surface area contributed by atoms with E-state index in [9.17, 15) is 17.6 Å². The molecule has 1 amide bonds. The molecule has 2 fully saturated rings. The molecule has 0 aromatic heterocycles. The minimum atomic E-state index is -3.04. The molecule has 2 saturated heterocycles. The number of carbonyl (C=O) groups is 1. The summed E-state index contributed by atoms with van der Waals surface area (Å²) in [7, 11) is -3.04. The van der Waals surface area contributed by atoms with Gasteiger partial charge in [-0.2, -0.15) is 0 Å². The smallest absolute Gasteiger partial charge is 0.237 e. The molecular weight excluding hydrogens is 381 g/mol. The summed E-state index contributed by atoms with van der Waals surface area (Å²) in [6.07, 6.45) is 1.32. The van der Waals surface area contributed by atoms with Crippen molar-refractivity contribution in [1.29, 1.82) is 0 Å². The van der Waals surface area contributed by atoms with Gasteiger partial charge in [-0.3, -0.25) is 9.69 Å². The van der Waals surface area contributed by atoms with Gasteiger partial charge in [-0.05, 0) is 31.9 Å². The van der Waals surface area contributed by atoms with Gasteiger partial charge in [0.15, 0.2) is 9.84 Å². The highest BCUT2D eigenvalue weighted by Crippen LogP contribution is 2.23. The first-order valence-corrected chi connectivity index (χ1v) is 11.9. The van der Waals surface area contributed by atoms with E-state index in [4.69, 9.17) is 0 Å². The fraction of sp³-hybridized carbons (Fsp3) is 0.650. The SMILES string of the molecule is CC[C@H](C)N(C(=O)CN1CCN(c2ccccc2F)CC1)[C@@H]1CCS(=O)(=O)C1. The molecule has 2 aliphatic rings. The third-order valence-corrected chi connectivity index (χ3v) is 7.63. The molecule has 156 valence electrons. The van der Waals surface area contributed by atoms with Crippen LogP contribution in [0.5, 0.6) is 0 Å². The number of benzene rings is 1. The molecular formula is C20H30FN3O3S. The molecule has 0 aliphatic carbocycles. The van der Waals surface area contributed by atoms with Crippen molar-refractivity contribution >= 4 is 21.4 Å². The van der Waals surface area contributed by atoms with Crippen LogP contribution in [0.4, 0.5) is 10.1 Å². The van der Waals surface area contributed by atoms with Crippen molar-refractivity contribution in [3.63, 3.8) is 0 Å². The topological polar surface area (TPSA) is 60.9 Å². The van der Waals surface area contributed by atoms with Gasteiger partial charge in [0.25, 0.3) is 0 Å². The van der Waals surface area contributed by atoms with E-state index < -0.39 is 9.84 Å². The fourth-order valence-electron chi connectivity index (χ4n) is 4.13. The number of sulfone groups is 1. The van der Waals surface area contributed by atoms with Crippen LogP contribution in [0.1, 0.15) is 26.7 Å². The van der Waals surface area contributed by atoms with Gasteiger partial charge in [-0.1, -0.05) is 19.1 Å². The van der Waals surface area contributed by atoms with Crippen LogP contribution in [0.2, 0.25) is 0 Å². The molecule has 0 spiro atoms. The van der Waals surface area contributed by atoms with Crippen molar-refractivity contribution in [3.05, 3.63) is 30.1 Å². The monoisotopic (exact) mass is 411 g/mol. The number of para-hydroxylation sites is 1. The summed E-state index contributed by atoms with van der Waals surface area (Å²) in [6, 6.07) is 6.55. The van der Waals surface area contributed by atoms with Gasteiger partial charge in [0.05, 0.1) is 23.7 Å². The first-order chi connectivity index (χ1) is 13.3. The lowest BCUT2D eigenvalue weighted by atomic mass is 10.1. The van der Waals surface area contributed by atoms with E-state index >= 15 is 0 Å². The number of anilines is 1. The molecule has 28 heavy (non-hydrogen) atoms. The molecule has 2 aliphatic heterocycles. The minimum Gasteiger partial charge on any atom is -0.367 e. The summed E-state index contributed by atoms with van der Waals surface area (Å²) in [5, 5.41) is 0. The van der Waals surface area contributed by atoms with Gasteiger partial charge >= 0.3 is 0 Å². The molecule has 0 bridgehead atoms. The number of carbonyl (C=O) groups excluding carboxylic acids is 1.